The van der Waals surface area contributed by atoms with E-state index in [2.05, 4.69) is 16.3 Å². The Bertz CT molecular complexity index is 696. The summed E-state index contributed by atoms with van der Waals surface area (Å²) in [7, 11) is 1.57. The molecule has 1 aromatic heterocycles. The number of methoxy groups -OCH3 is 1. The first-order chi connectivity index (χ1) is 9.15. The third kappa shape index (κ3) is 2.70. The van der Waals surface area contributed by atoms with E-state index in [4.69, 9.17) is 9.47 Å². The number of nitrogens with one attached hydrogen (secondary N) is 1. The number of aromatic amines is 1. The lowest BCUT2D eigenvalue weighted by atomic mass is 10.1. The summed E-state index contributed by atoms with van der Waals surface area (Å²) in [6.07, 6.45) is 1.68. The van der Waals surface area contributed by atoms with Crippen molar-refractivity contribution in [2.75, 3.05) is 13.7 Å². The molecule has 0 saturated carbocycles. The minimum absolute atomic E-state index is 0.395. The summed E-state index contributed by atoms with van der Waals surface area (Å²) in [5, 5.41) is 3.27. The van der Waals surface area contributed by atoms with Gasteiger partial charge in [0.2, 0.25) is 0 Å². The molecular weight excluding hydrogens is 246 g/mol. The number of rotatable bonds is 4. The van der Waals surface area contributed by atoms with Gasteiger partial charge >= 0.3 is 5.63 Å². The standard InChI is InChI=1S/C14H15NO4/c1-4-18-12-6-5-10(8-13(12)17-3)7-11-9(2)15-19-14(11)16/h5-8,15H,2,4H2,1,3H3. The summed E-state index contributed by atoms with van der Waals surface area (Å²) < 4.78 is 15.3. The normalized spacial score (nSPS) is 11.6. The van der Waals surface area contributed by atoms with Crippen LogP contribution in [-0.2, 0) is 0 Å². The molecule has 0 aliphatic rings. The van der Waals surface area contributed by atoms with Gasteiger partial charge in [-0.3, -0.25) is 0 Å². The van der Waals surface area contributed by atoms with Crippen LogP contribution in [0.3, 0.4) is 0 Å². The molecule has 0 atom stereocenters. The number of ether oxygens (including phenoxy) is 2. The molecular formula is C14H15NO4. The molecule has 0 fully saturated rings. The van der Waals surface area contributed by atoms with Crippen LogP contribution in [0.25, 0.3) is 12.7 Å². The minimum Gasteiger partial charge on any atom is -0.493 e. The number of benzene rings is 1. The van der Waals surface area contributed by atoms with Crippen molar-refractivity contribution in [1.29, 1.82) is 0 Å². The lowest BCUT2D eigenvalue weighted by molar-refractivity contribution is 0.311. The van der Waals surface area contributed by atoms with Crippen LogP contribution in [0, 0.1) is 0 Å². The van der Waals surface area contributed by atoms with Gasteiger partial charge in [-0.2, -0.15) is 0 Å². The van der Waals surface area contributed by atoms with Gasteiger partial charge < -0.3 is 14.0 Å². The van der Waals surface area contributed by atoms with Crippen molar-refractivity contribution in [1.82, 2.24) is 5.16 Å². The van der Waals surface area contributed by atoms with E-state index in [0.29, 0.717) is 28.7 Å². The molecule has 5 nitrogen and oxygen atoms in total. The van der Waals surface area contributed by atoms with Gasteiger partial charge in [0.05, 0.1) is 24.3 Å². The number of hydrogen-bond donors (Lipinski definition) is 1. The van der Waals surface area contributed by atoms with Gasteiger partial charge in [0.15, 0.2) is 11.5 Å². The third-order valence-electron chi connectivity index (χ3n) is 2.61. The van der Waals surface area contributed by atoms with E-state index in [1.165, 1.54) is 0 Å². The zero-order chi connectivity index (χ0) is 13.8. The molecule has 2 rings (SSSR count). The summed E-state index contributed by atoms with van der Waals surface area (Å²) in [5.74, 6) is 1.28. The molecule has 0 spiro atoms. The Morgan fingerprint density at radius 1 is 1.42 bits per heavy atom. The second-order valence-corrected chi connectivity index (χ2v) is 3.87. The lowest BCUT2D eigenvalue weighted by Gasteiger charge is -2.09. The van der Waals surface area contributed by atoms with Crippen LogP contribution in [0.5, 0.6) is 11.5 Å². The molecule has 0 amide bonds. The molecule has 0 unspecified atom stereocenters. The number of H-pyrrole nitrogens is 1. The summed E-state index contributed by atoms with van der Waals surface area (Å²) in [6.45, 7) is 6.15. The first kappa shape index (κ1) is 13.0. The van der Waals surface area contributed by atoms with Crippen molar-refractivity contribution in [3.8, 4) is 11.5 Å². The maximum absolute atomic E-state index is 11.4. The average Bonchev–Trinajstić information content (AvgIpc) is 2.72. The number of aromatic nitrogens is 1. The summed E-state index contributed by atoms with van der Waals surface area (Å²) in [5.41, 5.74) is 0.356. The van der Waals surface area contributed by atoms with E-state index in [-0.39, 0.29) is 0 Å². The fraction of sp³-hybridized carbons (Fsp3) is 0.214. The molecule has 0 bridgehead atoms. The minimum atomic E-state index is -0.446. The smallest absolute Gasteiger partial charge is 0.365 e. The van der Waals surface area contributed by atoms with Gasteiger partial charge in [-0.05, 0) is 30.7 Å². The molecule has 5 heteroatoms. The van der Waals surface area contributed by atoms with Gasteiger partial charge in [-0.15, -0.1) is 0 Å². The third-order valence-corrected chi connectivity index (χ3v) is 2.61. The van der Waals surface area contributed by atoms with Crippen molar-refractivity contribution in [3.63, 3.8) is 0 Å². The Morgan fingerprint density at radius 3 is 2.79 bits per heavy atom. The predicted octanol–water partition coefficient (Wildman–Crippen LogP) is 0.614. The molecule has 19 heavy (non-hydrogen) atoms. The van der Waals surface area contributed by atoms with Crippen LogP contribution in [0.1, 0.15) is 12.5 Å². The van der Waals surface area contributed by atoms with Crippen molar-refractivity contribution >= 4 is 12.7 Å². The highest BCUT2D eigenvalue weighted by molar-refractivity contribution is 5.55. The highest BCUT2D eigenvalue weighted by Crippen LogP contribution is 2.28. The maximum atomic E-state index is 11.4. The molecule has 1 aromatic carbocycles. The van der Waals surface area contributed by atoms with Gasteiger partial charge in [-0.1, -0.05) is 12.6 Å². The largest absolute Gasteiger partial charge is 0.493 e. The zero-order valence-corrected chi connectivity index (χ0v) is 10.9. The lowest BCUT2D eigenvalue weighted by Crippen LogP contribution is -2.31. The Morgan fingerprint density at radius 2 is 2.21 bits per heavy atom. The SMILES string of the molecule is C=c1[nH]oc(=O)c1=Cc1ccc(OCC)c(OC)c1. The van der Waals surface area contributed by atoms with Crippen molar-refractivity contribution in [2.24, 2.45) is 0 Å². The second kappa shape index (κ2) is 5.48. The van der Waals surface area contributed by atoms with Gasteiger partial charge in [0, 0.05) is 0 Å². The van der Waals surface area contributed by atoms with Gasteiger partial charge in [-0.25, -0.2) is 9.95 Å². The van der Waals surface area contributed by atoms with Crippen molar-refractivity contribution < 1.29 is 14.0 Å². The van der Waals surface area contributed by atoms with Crippen LogP contribution in [0.4, 0.5) is 0 Å². The molecule has 0 saturated heterocycles. The molecule has 0 radical (unpaired) electrons. The van der Waals surface area contributed by atoms with Crippen LogP contribution in [-0.4, -0.2) is 18.9 Å². The monoisotopic (exact) mass is 261 g/mol. The fourth-order valence-electron chi connectivity index (χ4n) is 1.70. The van der Waals surface area contributed by atoms with E-state index >= 15 is 0 Å². The molecule has 100 valence electrons. The van der Waals surface area contributed by atoms with Crippen molar-refractivity contribution in [3.05, 3.63) is 44.8 Å². The van der Waals surface area contributed by atoms with E-state index in [0.717, 1.165) is 5.56 Å². The number of hydrogen-bond acceptors (Lipinski definition) is 4. The summed E-state index contributed by atoms with van der Waals surface area (Å²) in [6, 6.07) is 5.42. The van der Waals surface area contributed by atoms with E-state index in [9.17, 15) is 4.79 Å². The van der Waals surface area contributed by atoms with Crippen LogP contribution < -0.4 is 25.7 Å². The molecule has 0 aliphatic carbocycles. The first-order valence-corrected chi connectivity index (χ1v) is 5.84. The summed E-state index contributed by atoms with van der Waals surface area (Å²) >= 11 is 0. The Hall–Kier alpha value is -2.43. The average molecular weight is 261 g/mol. The van der Waals surface area contributed by atoms with Crippen LogP contribution in [0.15, 0.2) is 27.5 Å². The molecule has 1 N–H and O–H groups in total. The van der Waals surface area contributed by atoms with E-state index in [1.807, 2.05) is 13.0 Å². The highest BCUT2D eigenvalue weighted by Gasteiger charge is 2.04. The van der Waals surface area contributed by atoms with E-state index < -0.39 is 5.63 Å². The highest BCUT2D eigenvalue weighted by atomic mass is 16.5. The van der Waals surface area contributed by atoms with Crippen LogP contribution in [0.2, 0.25) is 0 Å². The van der Waals surface area contributed by atoms with Gasteiger partial charge in [0.1, 0.15) is 0 Å². The summed E-state index contributed by atoms with van der Waals surface area (Å²) in [4.78, 5) is 11.4. The Balaban J connectivity index is 2.51. The quantitative estimate of drug-likeness (QED) is 0.876. The Labute approximate surface area is 109 Å². The Kier molecular flexibility index (Phi) is 3.75. The fourth-order valence-corrected chi connectivity index (χ4v) is 1.70. The maximum Gasteiger partial charge on any atom is 0.365 e. The second-order valence-electron chi connectivity index (χ2n) is 3.87. The van der Waals surface area contributed by atoms with Crippen LogP contribution >= 0.6 is 0 Å². The molecule has 1 heterocycles. The molecule has 0 aliphatic heterocycles. The topological polar surface area (TPSA) is 64.5 Å². The predicted molar refractivity (Wildman–Crippen MR) is 71.8 cm³/mol. The zero-order valence-electron chi connectivity index (χ0n) is 10.9. The van der Waals surface area contributed by atoms with Crippen molar-refractivity contribution in [2.45, 2.75) is 6.92 Å². The van der Waals surface area contributed by atoms with E-state index in [1.54, 1.807) is 25.3 Å². The first-order valence-electron chi connectivity index (χ1n) is 5.84. The molecule has 2 aromatic rings. The van der Waals surface area contributed by atoms with Gasteiger partial charge in [0.25, 0.3) is 0 Å².